The van der Waals surface area contributed by atoms with Gasteiger partial charge in [0, 0.05) is 6.54 Å². The average molecular weight is 161 g/mol. The lowest BCUT2D eigenvalue weighted by atomic mass is 10.1. The van der Waals surface area contributed by atoms with Gasteiger partial charge in [0.2, 0.25) is 0 Å². The molecule has 1 nitrogen and oxygen atoms in total. The summed E-state index contributed by atoms with van der Waals surface area (Å²) in [4.78, 5) is 2.05. The third-order valence-electron chi connectivity index (χ3n) is 1.58. The van der Waals surface area contributed by atoms with Crippen molar-refractivity contribution in [1.82, 2.24) is 4.90 Å². The van der Waals surface area contributed by atoms with Gasteiger partial charge >= 0.3 is 0 Å². The van der Waals surface area contributed by atoms with Gasteiger partial charge in [-0.3, -0.25) is 4.90 Å². The lowest BCUT2D eigenvalue weighted by Crippen LogP contribution is -2.28. The molecule has 0 rings (SSSR count). The molecule has 1 unspecified atom stereocenters. The lowest BCUT2D eigenvalue weighted by molar-refractivity contribution is 0.317. The number of terminal acetylenes is 2. The summed E-state index contributed by atoms with van der Waals surface area (Å²) in [5.41, 5.74) is 0. The first-order valence-corrected chi connectivity index (χ1v) is 3.96. The number of rotatable bonds is 5. The van der Waals surface area contributed by atoms with Crippen LogP contribution in [0, 0.1) is 30.6 Å². The molecule has 0 bridgehead atoms. The molecule has 0 aliphatic heterocycles. The molecule has 0 aromatic carbocycles. The SMILES string of the molecule is C#CCN(CC#C)CC(C)C=C. The Morgan fingerprint density at radius 1 is 1.42 bits per heavy atom. The Bertz CT molecular complexity index is 188. The lowest BCUT2D eigenvalue weighted by Gasteiger charge is -2.19. The molecule has 12 heavy (non-hydrogen) atoms. The summed E-state index contributed by atoms with van der Waals surface area (Å²) in [6.45, 7) is 7.91. The minimum atomic E-state index is 0.437. The third-order valence-corrected chi connectivity index (χ3v) is 1.58. The molecule has 0 heterocycles. The molecule has 0 amide bonds. The highest BCUT2D eigenvalue weighted by Gasteiger charge is 2.04. The van der Waals surface area contributed by atoms with Crippen molar-refractivity contribution in [3.8, 4) is 24.7 Å². The van der Waals surface area contributed by atoms with Crippen LogP contribution in [0.25, 0.3) is 0 Å². The van der Waals surface area contributed by atoms with Crippen LogP contribution in [0.4, 0.5) is 0 Å². The molecule has 0 aliphatic carbocycles. The second kappa shape index (κ2) is 6.53. The van der Waals surface area contributed by atoms with Gasteiger partial charge in [0.15, 0.2) is 0 Å². The van der Waals surface area contributed by atoms with Gasteiger partial charge in [0.1, 0.15) is 0 Å². The van der Waals surface area contributed by atoms with E-state index >= 15 is 0 Å². The zero-order chi connectivity index (χ0) is 9.40. The molecule has 0 radical (unpaired) electrons. The Kier molecular flexibility index (Phi) is 5.88. The summed E-state index contributed by atoms with van der Waals surface area (Å²) in [7, 11) is 0. The van der Waals surface area contributed by atoms with E-state index in [9.17, 15) is 0 Å². The molecular weight excluding hydrogens is 146 g/mol. The molecule has 1 heteroatoms. The predicted octanol–water partition coefficient (Wildman–Crippen LogP) is 1.38. The first kappa shape index (κ1) is 10.8. The van der Waals surface area contributed by atoms with Gasteiger partial charge in [-0.1, -0.05) is 24.8 Å². The quantitative estimate of drug-likeness (QED) is 0.435. The maximum atomic E-state index is 5.19. The highest BCUT2D eigenvalue weighted by atomic mass is 15.1. The van der Waals surface area contributed by atoms with Crippen molar-refractivity contribution in [3.05, 3.63) is 12.7 Å². The summed E-state index contributed by atoms with van der Waals surface area (Å²) in [5.74, 6) is 5.59. The second-order valence-corrected chi connectivity index (χ2v) is 2.79. The van der Waals surface area contributed by atoms with Crippen molar-refractivity contribution in [2.75, 3.05) is 19.6 Å². The highest BCUT2D eigenvalue weighted by Crippen LogP contribution is 1.99. The molecule has 64 valence electrons. The van der Waals surface area contributed by atoms with Crippen LogP contribution in [0.5, 0.6) is 0 Å². The molecule has 0 saturated carbocycles. The van der Waals surface area contributed by atoms with Crippen LogP contribution in [0.2, 0.25) is 0 Å². The highest BCUT2D eigenvalue weighted by molar-refractivity contribution is 4.95. The van der Waals surface area contributed by atoms with Crippen LogP contribution in [0.15, 0.2) is 12.7 Å². The van der Waals surface area contributed by atoms with Gasteiger partial charge in [0.25, 0.3) is 0 Å². The Morgan fingerprint density at radius 3 is 2.25 bits per heavy atom. The Morgan fingerprint density at radius 2 is 1.92 bits per heavy atom. The molecular formula is C11H15N. The topological polar surface area (TPSA) is 3.24 Å². The van der Waals surface area contributed by atoms with Crippen LogP contribution in [-0.4, -0.2) is 24.5 Å². The second-order valence-electron chi connectivity index (χ2n) is 2.79. The number of hydrogen-bond donors (Lipinski definition) is 0. The van der Waals surface area contributed by atoms with Gasteiger partial charge in [-0.05, 0) is 5.92 Å². The minimum Gasteiger partial charge on any atom is -0.281 e. The van der Waals surface area contributed by atoms with Crippen molar-refractivity contribution in [2.24, 2.45) is 5.92 Å². The van der Waals surface area contributed by atoms with E-state index < -0.39 is 0 Å². The van der Waals surface area contributed by atoms with Gasteiger partial charge in [-0.25, -0.2) is 0 Å². The zero-order valence-corrected chi connectivity index (χ0v) is 7.59. The van der Waals surface area contributed by atoms with Crippen molar-refractivity contribution >= 4 is 0 Å². The zero-order valence-electron chi connectivity index (χ0n) is 7.59. The first-order chi connectivity index (χ1) is 5.74. The molecule has 0 aromatic heterocycles. The molecule has 0 aliphatic rings. The fourth-order valence-electron chi connectivity index (χ4n) is 0.925. The predicted molar refractivity (Wildman–Crippen MR) is 53.5 cm³/mol. The Labute approximate surface area is 75.5 Å². The summed E-state index contributed by atoms with van der Waals surface area (Å²) < 4.78 is 0. The van der Waals surface area contributed by atoms with E-state index in [4.69, 9.17) is 12.8 Å². The molecule has 0 fully saturated rings. The van der Waals surface area contributed by atoms with Gasteiger partial charge < -0.3 is 0 Å². The number of hydrogen-bond acceptors (Lipinski definition) is 1. The normalized spacial score (nSPS) is 11.7. The maximum Gasteiger partial charge on any atom is 0.0607 e. The fourth-order valence-corrected chi connectivity index (χ4v) is 0.925. The van der Waals surface area contributed by atoms with Crippen LogP contribution in [0.3, 0.4) is 0 Å². The van der Waals surface area contributed by atoms with E-state index in [0.29, 0.717) is 19.0 Å². The fraction of sp³-hybridized carbons (Fsp3) is 0.455. The maximum absolute atomic E-state index is 5.19. The Balaban J connectivity index is 3.88. The first-order valence-electron chi connectivity index (χ1n) is 3.96. The van der Waals surface area contributed by atoms with Crippen LogP contribution < -0.4 is 0 Å². The molecule has 0 aromatic rings. The van der Waals surface area contributed by atoms with E-state index in [0.717, 1.165) is 6.54 Å². The molecule has 0 spiro atoms. The van der Waals surface area contributed by atoms with E-state index in [2.05, 4.69) is 25.3 Å². The van der Waals surface area contributed by atoms with Gasteiger partial charge in [-0.15, -0.1) is 19.4 Å². The van der Waals surface area contributed by atoms with Crippen molar-refractivity contribution in [2.45, 2.75) is 6.92 Å². The Hall–Kier alpha value is -1.18. The standard InChI is InChI=1S/C11H15N/c1-5-8-12(9-6-2)10-11(4)7-3/h1-2,7,11H,3,8-10H2,4H3. The smallest absolute Gasteiger partial charge is 0.0607 e. The van der Waals surface area contributed by atoms with Crippen molar-refractivity contribution < 1.29 is 0 Å². The monoisotopic (exact) mass is 161 g/mol. The largest absolute Gasteiger partial charge is 0.281 e. The van der Waals surface area contributed by atoms with Gasteiger partial charge in [-0.2, -0.15) is 0 Å². The van der Waals surface area contributed by atoms with Crippen molar-refractivity contribution in [1.29, 1.82) is 0 Å². The van der Waals surface area contributed by atoms with Crippen LogP contribution >= 0.6 is 0 Å². The van der Waals surface area contributed by atoms with E-state index in [-0.39, 0.29) is 0 Å². The van der Waals surface area contributed by atoms with Crippen LogP contribution in [0.1, 0.15) is 6.92 Å². The molecule has 0 saturated heterocycles. The summed E-state index contributed by atoms with van der Waals surface area (Å²) in [5, 5.41) is 0. The van der Waals surface area contributed by atoms with E-state index in [1.54, 1.807) is 0 Å². The summed E-state index contributed by atoms with van der Waals surface area (Å²) >= 11 is 0. The van der Waals surface area contributed by atoms with E-state index in [1.807, 2.05) is 11.0 Å². The summed E-state index contributed by atoms with van der Waals surface area (Å²) in [6, 6.07) is 0. The average Bonchev–Trinajstić information content (AvgIpc) is 2.05. The van der Waals surface area contributed by atoms with Crippen LogP contribution in [-0.2, 0) is 0 Å². The molecule has 1 atom stereocenters. The molecule has 0 N–H and O–H groups in total. The van der Waals surface area contributed by atoms with Gasteiger partial charge in [0.05, 0.1) is 13.1 Å². The number of nitrogens with zero attached hydrogens (tertiary/aromatic N) is 1. The van der Waals surface area contributed by atoms with Crippen molar-refractivity contribution in [3.63, 3.8) is 0 Å². The summed E-state index contributed by atoms with van der Waals surface area (Å²) in [6.07, 6.45) is 12.3. The minimum absolute atomic E-state index is 0.437. The van der Waals surface area contributed by atoms with E-state index in [1.165, 1.54) is 0 Å². The third kappa shape index (κ3) is 4.61.